The van der Waals surface area contributed by atoms with E-state index in [1.54, 1.807) is 0 Å². The molecule has 0 bridgehead atoms. The molecule has 0 aliphatic carbocycles. The molecule has 2 heterocycles. The molecule has 2 N–H and O–H groups in total. The molecule has 0 aliphatic rings. The molecule has 22 heavy (non-hydrogen) atoms. The lowest BCUT2D eigenvalue weighted by Gasteiger charge is -1.98. The minimum Gasteiger partial charge on any atom is -0.358 e. The standard InChI is InChI=1S/C18H16N2S2/c1-3-7-17-13(5-1)9-15(19-17)11-21-22-12-16-10-14-6-2-4-8-18(14)20-16/h1-10,19-20H,11-12H2. The zero-order chi connectivity index (χ0) is 14.8. The zero-order valence-corrected chi connectivity index (χ0v) is 13.6. The number of fused-ring (bicyclic) bond motifs is 2. The molecule has 0 fully saturated rings. The highest BCUT2D eigenvalue weighted by Crippen LogP contribution is 2.30. The average Bonchev–Trinajstić information content (AvgIpc) is 3.14. The van der Waals surface area contributed by atoms with Crippen LogP contribution in [0.5, 0.6) is 0 Å². The number of hydrogen-bond acceptors (Lipinski definition) is 2. The van der Waals surface area contributed by atoms with E-state index >= 15 is 0 Å². The lowest BCUT2D eigenvalue weighted by molar-refractivity contribution is 1.26. The van der Waals surface area contributed by atoms with Crippen molar-refractivity contribution in [3.05, 3.63) is 72.1 Å². The van der Waals surface area contributed by atoms with Crippen LogP contribution in [-0.4, -0.2) is 9.97 Å². The average molecular weight is 324 g/mol. The molecule has 0 aliphatic heterocycles. The van der Waals surface area contributed by atoms with E-state index in [0.717, 1.165) is 11.5 Å². The largest absolute Gasteiger partial charge is 0.358 e. The normalized spacial score (nSPS) is 11.5. The molecule has 0 spiro atoms. The second-order valence-electron chi connectivity index (χ2n) is 5.29. The minimum atomic E-state index is 1.000. The minimum absolute atomic E-state index is 1.000. The third-order valence-corrected chi connectivity index (χ3v) is 5.92. The summed E-state index contributed by atoms with van der Waals surface area (Å²) in [7, 11) is 3.78. The van der Waals surface area contributed by atoms with Crippen molar-refractivity contribution in [2.75, 3.05) is 0 Å². The van der Waals surface area contributed by atoms with Gasteiger partial charge in [0.15, 0.2) is 0 Å². The number of aromatic amines is 2. The quantitative estimate of drug-likeness (QED) is 0.363. The van der Waals surface area contributed by atoms with Crippen LogP contribution in [0.1, 0.15) is 11.4 Å². The van der Waals surface area contributed by atoms with Crippen LogP contribution in [0.3, 0.4) is 0 Å². The lowest BCUT2D eigenvalue weighted by atomic mass is 10.2. The fraction of sp³-hybridized carbons (Fsp3) is 0.111. The van der Waals surface area contributed by atoms with Crippen LogP contribution in [0.4, 0.5) is 0 Å². The molecule has 4 rings (SSSR count). The Balaban J connectivity index is 1.35. The van der Waals surface area contributed by atoms with Gasteiger partial charge in [-0.15, -0.1) is 0 Å². The van der Waals surface area contributed by atoms with Crippen LogP contribution >= 0.6 is 21.6 Å². The van der Waals surface area contributed by atoms with Gasteiger partial charge in [0, 0.05) is 33.9 Å². The van der Waals surface area contributed by atoms with Gasteiger partial charge in [0.2, 0.25) is 0 Å². The van der Waals surface area contributed by atoms with Crippen LogP contribution in [0.2, 0.25) is 0 Å². The summed E-state index contributed by atoms with van der Waals surface area (Å²) in [5.41, 5.74) is 5.02. The molecule has 4 heteroatoms. The van der Waals surface area contributed by atoms with Crippen LogP contribution < -0.4 is 0 Å². The van der Waals surface area contributed by atoms with Crippen molar-refractivity contribution >= 4 is 43.4 Å². The van der Waals surface area contributed by atoms with Crippen LogP contribution in [-0.2, 0) is 11.5 Å². The van der Waals surface area contributed by atoms with Gasteiger partial charge in [-0.1, -0.05) is 58.0 Å². The van der Waals surface area contributed by atoms with Crippen molar-refractivity contribution in [1.82, 2.24) is 9.97 Å². The number of rotatable bonds is 5. The van der Waals surface area contributed by atoms with E-state index in [4.69, 9.17) is 0 Å². The molecule has 2 nitrogen and oxygen atoms in total. The van der Waals surface area contributed by atoms with E-state index in [9.17, 15) is 0 Å². The number of para-hydroxylation sites is 2. The Kier molecular flexibility index (Phi) is 3.87. The second-order valence-corrected chi connectivity index (χ2v) is 7.75. The van der Waals surface area contributed by atoms with Crippen LogP contribution in [0, 0.1) is 0 Å². The predicted molar refractivity (Wildman–Crippen MR) is 99.2 cm³/mol. The van der Waals surface area contributed by atoms with Gasteiger partial charge in [-0.05, 0) is 35.0 Å². The van der Waals surface area contributed by atoms with Crippen molar-refractivity contribution in [2.24, 2.45) is 0 Å². The fourth-order valence-corrected chi connectivity index (χ4v) is 4.63. The second kappa shape index (κ2) is 6.15. The first-order valence-corrected chi connectivity index (χ1v) is 9.75. The molecule has 4 aromatic rings. The first-order valence-electron chi connectivity index (χ1n) is 7.26. The van der Waals surface area contributed by atoms with E-state index in [1.165, 1.54) is 33.2 Å². The predicted octanol–water partition coefficient (Wildman–Crippen LogP) is 5.73. The maximum atomic E-state index is 3.47. The van der Waals surface area contributed by atoms with Gasteiger partial charge < -0.3 is 9.97 Å². The number of hydrogen-bond donors (Lipinski definition) is 2. The molecule has 0 radical (unpaired) electrons. The monoisotopic (exact) mass is 324 g/mol. The molecule has 2 aromatic carbocycles. The number of benzene rings is 2. The van der Waals surface area contributed by atoms with E-state index in [-0.39, 0.29) is 0 Å². The molecule has 110 valence electrons. The molecule has 0 saturated carbocycles. The van der Waals surface area contributed by atoms with E-state index < -0.39 is 0 Å². The first-order chi connectivity index (χ1) is 10.9. The zero-order valence-electron chi connectivity index (χ0n) is 12.0. The van der Waals surface area contributed by atoms with Crippen molar-refractivity contribution < 1.29 is 0 Å². The van der Waals surface area contributed by atoms with Gasteiger partial charge in [0.1, 0.15) is 0 Å². The Morgan fingerprint density at radius 1 is 0.636 bits per heavy atom. The van der Waals surface area contributed by atoms with Gasteiger partial charge >= 0.3 is 0 Å². The molecule has 0 atom stereocenters. The highest BCUT2D eigenvalue weighted by molar-refractivity contribution is 8.76. The molecule has 0 saturated heterocycles. The van der Waals surface area contributed by atoms with Gasteiger partial charge in [-0.3, -0.25) is 0 Å². The first kappa shape index (κ1) is 13.9. The summed E-state index contributed by atoms with van der Waals surface area (Å²) in [4.78, 5) is 6.95. The highest BCUT2D eigenvalue weighted by atomic mass is 33.1. The maximum Gasteiger partial charge on any atom is 0.0456 e. The van der Waals surface area contributed by atoms with Gasteiger partial charge in [0.05, 0.1) is 0 Å². The number of H-pyrrole nitrogens is 2. The Morgan fingerprint density at radius 2 is 1.09 bits per heavy atom. The Hall–Kier alpha value is -1.78. The molecule has 2 aromatic heterocycles. The van der Waals surface area contributed by atoms with Crippen molar-refractivity contribution in [1.29, 1.82) is 0 Å². The number of aromatic nitrogens is 2. The third-order valence-electron chi connectivity index (χ3n) is 3.68. The highest BCUT2D eigenvalue weighted by Gasteiger charge is 2.03. The van der Waals surface area contributed by atoms with E-state index in [1.807, 2.05) is 21.6 Å². The molecular formula is C18H16N2S2. The van der Waals surface area contributed by atoms with Crippen molar-refractivity contribution in [2.45, 2.75) is 11.5 Å². The lowest BCUT2D eigenvalue weighted by Crippen LogP contribution is -1.79. The Bertz CT molecular complexity index is 765. The summed E-state index contributed by atoms with van der Waals surface area (Å²) < 4.78 is 0. The number of nitrogens with one attached hydrogen (secondary N) is 2. The summed E-state index contributed by atoms with van der Waals surface area (Å²) in [6, 6.07) is 21.3. The molecule has 0 amide bonds. The van der Waals surface area contributed by atoms with Crippen LogP contribution in [0.25, 0.3) is 21.8 Å². The smallest absolute Gasteiger partial charge is 0.0456 e. The van der Waals surface area contributed by atoms with Crippen LogP contribution in [0.15, 0.2) is 60.7 Å². The van der Waals surface area contributed by atoms with E-state index in [0.29, 0.717) is 0 Å². The fourth-order valence-electron chi connectivity index (χ4n) is 2.63. The summed E-state index contributed by atoms with van der Waals surface area (Å²) in [6.07, 6.45) is 0. The van der Waals surface area contributed by atoms with Gasteiger partial charge in [0.25, 0.3) is 0 Å². The van der Waals surface area contributed by atoms with Crippen molar-refractivity contribution in [3.63, 3.8) is 0 Å². The summed E-state index contributed by atoms with van der Waals surface area (Å²) >= 11 is 0. The molecular weight excluding hydrogens is 308 g/mol. The van der Waals surface area contributed by atoms with Gasteiger partial charge in [-0.2, -0.15) is 0 Å². The van der Waals surface area contributed by atoms with Crippen molar-refractivity contribution in [3.8, 4) is 0 Å². The third kappa shape index (κ3) is 2.89. The summed E-state index contributed by atoms with van der Waals surface area (Å²) in [5, 5.41) is 2.58. The SMILES string of the molecule is c1ccc2[nH]c(CSSCc3cc4ccccc4[nH]3)cc2c1. The Morgan fingerprint density at radius 3 is 1.55 bits per heavy atom. The summed E-state index contributed by atoms with van der Waals surface area (Å²) in [6.45, 7) is 0. The Labute approximate surface area is 137 Å². The van der Waals surface area contributed by atoms with Gasteiger partial charge in [-0.25, -0.2) is 0 Å². The topological polar surface area (TPSA) is 31.6 Å². The maximum absolute atomic E-state index is 3.47. The summed E-state index contributed by atoms with van der Waals surface area (Å²) in [5.74, 6) is 2.00. The van der Waals surface area contributed by atoms with E-state index in [2.05, 4.69) is 70.6 Å². The molecule has 0 unspecified atom stereocenters.